The van der Waals surface area contributed by atoms with Crippen molar-refractivity contribution in [2.24, 2.45) is 5.73 Å². The molecule has 0 bridgehead atoms. The lowest BCUT2D eigenvalue weighted by Crippen LogP contribution is -2.44. The van der Waals surface area contributed by atoms with E-state index in [9.17, 15) is 26.4 Å². The molecule has 2 amide bonds. The molecule has 136 valence electrons. The largest absolute Gasteiger partial charge is 0.356 e. The molecule has 0 rings (SSSR count). The summed E-state index contributed by atoms with van der Waals surface area (Å²) in [5.41, 5.74) is 5.53. The molecular weight excluding hydrogens is 350 g/mol. The van der Waals surface area contributed by atoms with Gasteiger partial charge in [-0.15, -0.1) is 0 Å². The molecule has 0 saturated carbocycles. The number of nitrogens with two attached hydrogens (primary N) is 1. The quantitative estimate of drug-likeness (QED) is 0.230. The SMILES string of the molecule is CS(=O)(=O)CCCNC(=O)[C@@H](N)CC(=O)NCCCS(=O)(=O)O. The Kier molecular flexibility index (Phi) is 9.27. The molecule has 23 heavy (non-hydrogen) atoms. The van der Waals surface area contributed by atoms with Crippen LogP contribution in [0.2, 0.25) is 0 Å². The molecule has 0 aromatic rings. The number of rotatable bonds is 11. The van der Waals surface area contributed by atoms with Crippen LogP contribution in [0, 0.1) is 0 Å². The molecule has 0 aromatic heterocycles. The summed E-state index contributed by atoms with van der Waals surface area (Å²) in [6.45, 7) is 0.164. The average molecular weight is 373 g/mol. The molecule has 0 saturated heterocycles. The number of amides is 2. The third kappa shape index (κ3) is 14.1. The maximum absolute atomic E-state index is 11.6. The zero-order chi connectivity index (χ0) is 18.1. The summed E-state index contributed by atoms with van der Waals surface area (Å²) in [5.74, 6) is -1.64. The van der Waals surface area contributed by atoms with E-state index in [1.165, 1.54) is 0 Å². The van der Waals surface area contributed by atoms with Gasteiger partial charge in [0.15, 0.2) is 0 Å². The highest BCUT2D eigenvalue weighted by molar-refractivity contribution is 7.90. The molecule has 0 aromatic carbocycles. The van der Waals surface area contributed by atoms with E-state index in [0.717, 1.165) is 6.26 Å². The van der Waals surface area contributed by atoms with Crippen LogP contribution in [0.1, 0.15) is 19.3 Å². The van der Waals surface area contributed by atoms with Crippen LogP contribution in [-0.2, 0) is 29.5 Å². The van der Waals surface area contributed by atoms with Gasteiger partial charge in [-0.05, 0) is 12.8 Å². The van der Waals surface area contributed by atoms with E-state index in [2.05, 4.69) is 10.6 Å². The maximum Gasteiger partial charge on any atom is 0.264 e. The Balaban J connectivity index is 3.91. The summed E-state index contributed by atoms with van der Waals surface area (Å²) in [6, 6.07) is -1.09. The van der Waals surface area contributed by atoms with Gasteiger partial charge in [0.1, 0.15) is 9.84 Å². The van der Waals surface area contributed by atoms with Crippen LogP contribution in [0.25, 0.3) is 0 Å². The van der Waals surface area contributed by atoms with E-state index in [-0.39, 0.29) is 38.1 Å². The minimum Gasteiger partial charge on any atom is -0.356 e. The summed E-state index contributed by atoms with van der Waals surface area (Å²) in [6.07, 6.45) is 1.09. The molecule has 1 atom stereocenters. The second-order valence-electron chi connectivity index (χ2n) is 5.07. The first-order valence-corrected chi connectivity index (χ1v) is 10.5. The van der Waals surface area contributed by atoms with Crippen molar-refractivity contribution in [2.45, 2.75) is 25.3 Å². The molecular formula is C11H23N3O7S2. The maximum atomic E-state index is 11.6. The minimum absolute atomic E-state index is 0.0291. The van der Waals surface area contributed by atoms with Crippen LogP contribution in [0.4, 0.5) is 0 Å². The van der Waals surface area contributed by atoms with Gasteiger partial charge in [-0.3, -0.25) is 14.1 Å². The van der Waals surface area contributed by atoms with Crippen molar-refractivity contribution in [3.63, 3.8) is 0 Å². The topological polar surface area (TPSA) is 173 Å². The van der Waals surface area contributed by atoms with Gasteiger partial charge < -0.3 is 16.4 Å². The molecule has 0 aliphatic carbocycles. The minimum atomic E-state index is -4.06. The molecule has 0 radical (unpaired) electrons. The number of hydrogen-bond acceptors (Lipinski definition) is 7. The third-order valence-electron chi connectivity index (χ3n) is 2.63. The number of sulfone groups is 1. The zero-order valence-corrected chi connectivity index (χ0v) is 14.5. The smallest absolute Gasteiger partial charge is 0.264 e. The van der Waals surface area contributed by atoms with Gasteiger partial charge in [0.05, 0.1) is 24.0 Å². The first kappa shape index (κ1) is 21.8. The predicted molar refractivity (Wildman–Crippen MR) is 84.0 cm³/mol. The standard InChI is InChI=1S/C11H23N3O7S2/c1-22(17,18)6-2-5-14-11(16)9(12)8-10(15)13-4-3-7-23(19,20)21/h9H,2-8,12H2,1H3,(H,13,15)(H,14,16)(H,19,20,21)/t9-/m0/s1. The lowest BCUT2D eigenvalue weighted by Gasteiger charge is -2.12. The normalized spacial score (nSPS) is 13.3. The highest BCUT2D eigenvalue weighted by atomic mass is 32.2. The zero-order valence-electron chi connectivity index (χ0n) is 12.8. The van der Waals surface area contributed by atoms with E-state index in [4.69, 9.17) is 10.3 Å². The van der Waals surface area contributed by atoms with E-state index < -0.39 is 43.6 Å². The average Bonchev–Trinajstić information content (AvgIpc) is 2.37. The lowest BCUT2D eigenvalue weighted by molar-refractivity contribution is -0.127. The fraction of sp³-hybridized carbons (Fsp3) is 0.818. The first-order chi connectivity index (χ1) is 10.4. The van der Waals surface area contributed by atoms with Gasteiger partial charge in [0.25, 0.3) is 10.1 Å². The second-order valence-corrected chi connectivity index (χ2v) is 8.91. The molecule has 0 aliphatic heterocycles. The van der Waals surface area contributed by atoms with Crippen LogP contribution >= 0.6 is 0 Å². The molecule has 12 heteroatoms. The van der Waals surface area contributed by atoms with Crippen LogP contribution in [0.15, 0.2) is 0 Å². The van der Waals surface area contributed by atoms with Gasteiger partial charge in [-0.1, -0.05) is 0 Å². The van der Waals surface area contributed by atoms with Crippen LogP contribution in [0.3, 0.4) is 0 Å². The van der Waals surface area contributed by atoms with Crippen molar-refractivity contribution < 1.29 is 31.0 Å². The van der Waals surface area contributed by atoms with Crippen molar-refractivity contribution in [1.82, 2.24) is 10.6 Å². The number of carbonyl (C=O) groups excluding carboxylic acids is 2. The highest BCUT2D eigenvalue weighted by Crippen LogP contribution is 1.92. The Morgan fingerprint density at radius 2 is 1.57 bits per heavy atom. The van der Waals surface area contributed by atoms with Crippen molar-refractivity contribution in [3.8, 4) is 0 Å². The fourth-order valence-electron chi connectivity index (χ4n) is 1.52. The Labute approximate surface area is 135 Å². The number of hydrogen-bond donors (Lipinski definition) is 4. The summed E-state index contributed by atoms with van der Waals surface area (Å²) in [4.78, 5) is 23.1. The van der Waals surface area contributed by atoms with E-state index in [1.807, 2.05) is 0 Å². The third-order valence-corrected chi connectivity index (χ3v) is 4.47. The summed E-state index contributed by atoms with van der Waals surface area (Å²) in [7, 11) is -7.16. The van der Waals surface area contributed by atoms with E-state index >= 15 is 0 Å². The van der Waals surface area contributed by atoms with Crippen molar-refractivity contribution >= 4 is 31.8 Å². The summed E-state index contributed by atoms with van der Waals surface area (Å²) < 4.78 is 51.2. The molecule has 0 unspecified atom stereocenters. The van der Waals surface area contributed by atoms with Crippen molar-refractivity contribution in [2.75, 3.05) is 30.9 Å². The number of carbonyl (C=O) groups is 2. The predicted octanol–water partition coefficient (Wildman–Crippen LogP) is -2.35. The Hall–Kier alpha value is -1.24. The molecule has 10 nitrogen and oxygen atoms in total. The summed E-state index contributed by atoms with van der Waals surface area (Å²) >= 11 is 0. The second kappa shape index (κ2) is 9.80. The van der Waals surface area contributed by atoms with Gasteiger partial charge in [-0.2, -0.15) is 8.42 Å². The first-order valence-electron chi connectivity index (χ1n) is 6.83. The van der Waals surface area contributed by atoms with E-state index in [0.29, 0.717) is 0 Å². The summed E-state index contributed by atoms with van der Waals surface area (Å²) in [5, 5.41) is 4.80. The van der Waals surface area contributed by atoms with E-state index in [1.54, 1.807) is 0 Å². The Morgan fingerprint density at radius 3 is 2.09 bits per heavy atom. The molecule has 0 fully saturated rings. The number of nitrogens with one attached hydrogen (secondary N) is 2. The van der Waals surface area contributed by atoms with Crippen LogP contribution in [0.5, 0.6) is 0 Å². The van der Waals surface area contributed by atoms with Crippen LogP contribution < -0.4 is 16.4 Å². The molecule has 0 heterocycles. The monoisotopic (exact) mass is 373 g/mol. The van der Waals surface area contributed by atoms with Crippen LogP contribution in [-0.4, -0.2) is 70.1 Å². The van der Waals surface area contributed by atoms with Gasteiger partial charge in [-0.25, -0.2) is 8.42 Å². The Morgan fingerprint density at radius 1 is 1.04 bits per heavy atom. The lowest BCUT2D eigenvalue weighted by atomic mass is 10.2. The van der Waals surface area contributed by atoms with Gasteiger partial charge in [0.2, 0.25) is 11.8 Å². The van der Waals surface area contributed by atoms with Crippen molar-refractivity contribution in [3.05, 3.63) is 0 Å². The Bertz CT molecular complexity index is 601. The molecule has 0 spiro atoms. The van der Waals surface area contributed by atoms with Gasteiger partial charge >= 0.3 is 0 Å². The van der Waals surface area contributed by atoms with Gasteiger partial charge in [0, 0.05) is 19.3 Å². The molecule has 5 N–H and O–H groups in total. The van der Waals surface area contributed by atoms with Crippen molar-refractivity contribution in [1.29, 1.82) is 0 Å². The fourth-order valence-corrected chi connectivity index (χ4v) is 2.70. The molecule has 0 aliphatic rings. The highest BCUT2D eigenvalue weighted by Gasteiger charge is 2.17.